The number of nitrogens with one attached hydrogen (secondary N) is 3. The number of thiocarbonyl (C=S) groups is 1. The minimum absolute atomic E-state index is 0.00427. The zero-order valence-electron chi connectivity index (χ0n) is 11.3. The molecule has 1 aromatic carbocycles. The zero-order valence-corrected chi connectivity index (χ0v) is 12.1. The van der Waals surface area contributed by atoms with Gasteiger partial charge in [-0.1, -0.05) is 6.08 Å². The first kappa shape index (κ1) is 16.4. The Morgan fingerprint density at radius 3 is 2.95 bits per heavy atom. The molecule has 21 heavy (non-hydrogen) atoms. The predicted molar refractivity (Wildman–Crippen MR) is 81.4 cm³/mol. The van der Waals surface area contributed by atoms with Gasteiger partial charge in [0, 0.05) is 12.6 Å². The van der Waals surface area contributed by atoms with Gasteiger partial charge in [0.05, 0.1) is 17.6 Å². The van der Waals surface area contributed by atoms with Crippen LogP contribution < -0.4 is 20.6 Å². The lowest BCUT2D eigenvalue weighted by atomic mass is 10.2. The normalized spacial score (nSPS) is 10.1. The van der Waals surface area contributed by atoms with E-state index in [1.165, 1.54) is 25.5 Å². The van der Waals surface area contributed by atoms with E-state index in [2.05, 4.69) is 22.4 Å². The van der Waals surface area contributed by atoms with Crippen LogP contribution in [0.5, 0.6) is 11.5 Å². The summed E-state index contributed by atoms with van der Waals surface area (Å²) in [7, 11) is 1.31. The number of hydrazone groups is 1. The lowest BCUT2D eigenvalue weighted by molar-refractivity contribution is -0.500. The fourth-order valence-corrected chi connectivity index (χ4v) is 1.53. The van der Waals surface area contributed by atoms with E-state index in [0.717, 1.165) is 0 Å². The van der Waals surface area contributed by atoms with Gasteiger partial charge in [0.15, 0.2) is 12.0 Å². The monoisotopic (exact) mass is 311 g/mol. The number of phenols is 1. The van der Waals surface area contributed by atoms with Crippen LogP contribution in [0.15, 0.2) is 24.8 Å². The van der Waals surface area contributed by atoms with Gasteiger partial charge in [-0.05, 0) is 18.3 Å². The molecule has 0 amide bonds. The maximum atomic E-state index is 10.8. The van der Waals surface area contributed by atoms with Gasteiger partial charge in [0.2, 0.25) is 10.9 Å². The Kier molecular flexibility index (Phi) is 6.08. The number of methoxy groups -OCH3 is 1. The van der Waals surface area contributed by atoms with Gasteiger partial charge in [-0.25, -0.2) is 0 Å². The summed E-state index contributed by atoms with van der Waals surface area (Å²) in [5.74, 6) is -0.514. The third-order valence-corrected chi connectivity index (χ3v) is 2.57. The number of ether oxygens (including phenoxy) is 1. The molecular formula is C12H15N4O4S+. The molecule has 1 rings (SSSR count). The Morgan fingerprint density at radius 1 is 1.67 bits per heavy atom. The topological polar surface area (TPSA) is 111 Å². The molecule has 8 nitrogen and oxygen atoms in total. The van der Waals surface area contributed by atoms with E-state index in [-0.39, 0.29) is 5.75 Å². The number of hydrogen-bond donors (Lipinski definition) is 4. The minimum atomic E-state index is -0.696. The number of nitro benzene ring substituents is 1. The number of benzene rings is 1. The Hall–Kier alpha value is -2.68. The van der Waals surface area contributed by atoms with Crippen LogP contribution in [0.25, 0.3) is 0 Å². The van der Waals surface area contributed by atoms with Gasteiger partial charge in [0.1, 0.15) is 0 Å². The molecule has 0 spiro atoms. The molecule has 0 aliphatic rings. The molecular weight excluding hydrogens is 296 g/mol. The molecule has 0 fully saturated rings. The highest BCUT2D eigenvalue weighted by Gasteiger charge is 2.20. The second-order valence-electron chi connectivity index (χ2n) is 3.76. The molecule has 0 radical (unpaired) electrons. The van der Waals surface area contributed by atoms with Gasteiger partial charge in [0.25, 0.3) is 0 Å². The van der Waals surface area contributed by atoms with Crippen LogP contribution in [-0.4, -0.2) is 35.0 Å². The van der Waals surface area contributed by atoms with Gasteiger partial charge in [-0.15, -0.1) is 17.1 Å². The van der Waals surface area contributed by atoms with Crippen molar-refractivity contribution in [2.24, 2.45) is 0 Å². The summed E-state index contributed by atoms with van der Waals surface area (Å²) in [6.07, 6.45) is 3.09. The maximum absolute atomic E-state index is 10.8. The van der Waals surface area contributed by atoms with Crippen molar-refractivity contribution in [2.75, 3.05) is 13.7 Å². The summed E-state index contributed by atoms with van der Waals surface area (Å²) in [4.78, 5) is 10.1. The second-order valence-corrected chi connectivity index (χ2v) is 4.17. The third kappa shape index (κ3) is 4.73. The molecule has 0 heterocycles. The first-order valence-corrected chi connectivity index (χ1v) is 6.19. The van der Waals surface area contributed by atoms with E-state index >= 15 is 0 Å². The van der Waals surface area contributed by atoms with Crippen molar-refractivity contribution in [3.63, 3.8) is 0 Å². The van der Waals surface area contributed by atoms with E-state index in [0.29, 0.717) is 17.2 Å². The van der Waals surface area contributed by atoms with Crippen molar-refractivity contribution < 1.29 is 19.9 Å². The highest BCUT2D eigenvalue weighted by Crippen LogP contribution is 2.36. The van der Waals surface area contributed by atoms with Crippen molar-refractivity contribution in [1.82, 2.24) is 10.7 Å². The van der Waals surface area contributed by atoms with Gasteiger partial charge < -0.3 is 15.2 Å². The van der Waals surface area contributed by atoms with Crippen LogP contribution in [0.3, 0.4) is 0 Å². The van der Waals surface area contributed by atoms with Crippen molar-refractivity contribution in [2.45, 2.75) is 0 Å². The van der Waals surface area contributed by atoms with Crippen molar-refractivity contribution in [3.05, 3.63) is 40.5 Å². The second kappa shape index (κ2) is 7.80. The summed E-state index contributed by atoms with van der Waals surface area (Å²) >= 11 is 4.95. The number of nitrogens with zero attached hydrogens (tertiary/aromatic N) is 1. The van der Waals surface area contributed by atoms with E-state index in [9.17, 15) is 15.2 Å². The summed E-state index contributed by atoms with van der Waals surface area (Å²) in [6.45, 7) is 4.04. The molecule has 0 bridgehead atoms. The van der Waals surface area contributed by atoms with Gasteiger partial charge in [-0.2, -0.15) is 0 Å². The van der Waals surface area contributed by atoms with Crippen LogP contribution in [0.2, 0.25) is 0 Å². The average Bonchev–Trinajstić information content (AvgIpc) is 2.46. The Balaban J connectivity index is 2.88. The van der Waals surface area contributed by atoms with Crippen LogP contribution in [0, 0.1) is 10.1 Å². The van der Waals surface area contributed by atoms with Crippen molar-refractivity contribution in [1.29, 1.82) is 0 Å². The van der Waals surface area contributed by atoms with Crippen LogP contribution in [0.1, 0.15) is 5.56 Å². The molecule has 0 saturated heterocycles. The molecule has 0 aliphatic heterocycles. The molecule has 1 aromatic rings. The molecule has 0 aliphatic carbocycles. The number of nitro groups is 1. The van der Waals surface area contributed by atoms with Gasteiger partial charge in [-0.3, -0.25) is 10.1 Å². The molecule has 112 valence electrons. The first-order valence-electron chi connectivity index (χ1n) is 5.78. The molecule has 9 heteroatoms. The van der Waals surface area contributed by atoms with E-state index in [4.69, 9.17) is 17.0 Å². The Labute approximate surface area is 126 Å². The molecule has 0 saturated carbocycles. The quantitative estimate of drug-likeness (QED) is 0.182. The number of hydrogen-bond acceptors (Lipinski definition) is 5. The fourth-order valence-electron chi connectivity index (χ4n) is 1.39. The SMILES string of the molecule is C=CCNC(=S)N/[NH+]=C/c1cc(OC)c(O)c([N+](=O)[O-])c1. The van der Waals surface area contributed by atoms with Crippen LogP contribution in [0.4, 0.5) is 5.69 Å². The average molecular weight is 311 g/mol. The highest BCUT2D eigenvalue weighted by atomic mass is 32.1. The number of aromatic hydroxyl groups is 1. The lowest BCUT2D eigenvalue weighted by Gasteiger charge is -2.04. The van der Waals surface area contributed by atoms with E-state index < -0.39 is 16.4 Å². The minimum Gasteiger partial charge on any atom is -0.500 e. The molecule has 0 unspecified atom stereocenters. The number of rotatable bonds is 6. The van der Waals surface area contributed by atoms with Crippen LogP contribution >= 0.6 is 12.2 Å². The number of hydrazine groups is 1. The largest absolute Gasteiger partial charge is 0.500 e. The molecule has 0 aromatic heterocycles. The van der Waals surface area contributed by atoms with Crippen molar-refractivity contribution in [3.8, 4) is 11.5 Å². The predicted octanol–water partition coefficient (Wildman–Crippen LogP) is -0.626. The summed E-state index contributed by atoms with van der Waals surface area (Å²) in [6, 6.07) is 2.64. The highest BCUT2D eigenvalue weighted by molar-refractivity contribution is 7.80. The lowest BCUT2D eigenvalue weighted by Crippen LogP contribution is -2.82. The molecule has 0 atom stereocenters. The smallest absolute Gasteiger partial charge is 0.315 e. The van der Waals surface area contributed by atoms with Crippen LogP contribution in [-0.2, 0) is 0 Å². The third-order valence-electron chi connectivity index (χ3n) is 2.33. The zero-order chi connectivity index (χ0) is 15.8. The number of phenolic OH excluding ortho intramolecular Hbond substituents is 1. The van der Waals surface area contributed by atoms with E-state index in [1.54, 1.807) is 6.08 Å². The Morgan fingerprint density at radius 2 is 2.38 bits per heavy atom. The van der Waals surface area contributed by atoms with E-state index in [1.807, 2.05) is 0 Å². The van der Waals surface area contributed by atoms with Gasteiger partial charge >= 0.3 is 5.69 Å². The Bertz CT molecular complexity index is 589. The summed E-state index contributed by atoms with van der Waals surface area (Å²) < 4.78 is 4.89. The molecule has 4 N–H and O–H groups in total. The summed E-state index contributed by atoms with van der Waals surface area (Å²) in [5, 5.41) is 26.3. The first-order chi connectivity index (χ1) is 9.99. The standard InChI is InChI=1S/C12H14N4O4S/c1-3-4-13-12(21)15-14-7-8-5-9(16(18)19)11(17)10(6-8)20-2/h3,5-7,17H,1,4H2,2H3,(H2,13,15,21)/p+1/b14-7+. The van der Waals surface area contributed by atoms with Crippen molar-refractivity contribution >= 4 is 29.2 Å². The maximum Gasteiger partial charge on any atom is 0.315 e. The fraction of sp³-hybridized carbons (Fsp3) is 0.167. The summed E-state index contributed by atoms with van der Waals surface area (Å²) in [5.41, 5.74) is 2.64.